The zero-order chi connectivity index (χ0) is 17.2. The topological polar surface area (TPSA) is 105 Å². The highest BCUT2D eigenvalue weighted by atomic mass is 16.3. The number of aromatic amines is 1. The normalized spacial score (nSPS) is 11.1. The maximum Gasteiger partial charge on any atom is 0.222 e. The van der Waals surface area contributed by atoms with Crippen LogP contribution >= 0.6 is 0 Å². The first-order chi connectivity index (χ1) is 12.3. The number of H-pyrrole nitrogens is 1. The lowest BCUT2D eigenvalue weighted by molar-refractivity contribution is 0.273. The van der Waals surface area contributed by atoms with E-state index in [1.807, 2.05) is 35.9 Å². The van der Waals surface area contributed by atoms with Crippen LogP contribution in [0.2, 0.25) is 0 Å². The molecular formula is C17H17N7O. The highest BCUT2D eigenvalue weighted by Crippen LogP contribution is 2.23. The van der Waals surface area contributed by atoms with E-state index in [1.165, 1.54) is 0 Å². The van der Waals surface area contributed by atoms with Crippen LogP contribution in [-0.4, -0.2) is 41.1 Å². The molecule has 0 fully saturated rings. The molecule has 3 aromatic heterocycles. The summed E-state index contributed by atoms with van der Waals surface area (Å²) in [5.74, 6) is 1.90. The van der Waals surface area contributed by atoms with Crippen molar-refractivity contribution in [2.24, 2.45) is 0 Å². The van der Waals surface area contributed by atoms with Gasteiger partial charge in [-0.15, -0.1) is 0 Å². The van der Waals surface area contributed by atoms with Gasteiger partial charge >= 0.3 is 0 Å². The third-order valence-electron chi connectivity index (χ3n) is 3.83. The Morgan fingerprint density at radius 1 is 1.20 bits per heavy atom. The fourth-order valence-electron chi connectivity index (χ4n) is 2.69. The lowest BCUT2D eigenvalue weighted by atomic mass is 10.2. The summed E-state index contributed by atoms with van der Waals surface area (Å²) in [6.45, 7) is 2.65. The van der Waals surface area contributed by atoms with E-state index in [-0.39, 0.29) is 6.61 Å². The highest BCUT2D eigenvalue weighted by molar-refractivity contribution is 5.78. The Hall–Kier alpha value is -3.26. The van der Waals surface area contributed by atoms with Crippen LogP contribution in [0.5, 0.6) is 0 Å². The molecule has 8 nitrogen and oxygen atoms in total. The second-order valence-corrected chi connectivity index (χ2v) is 5.49. The van der Waals surface area contributed by atoms with Gasteiger partial charge in [-0.2, -0.15) is 0 Å². The number of aromatic nitrogens is 6. The molecule has 0 unspecified atom stereocenters. The SMILES string of the molecule is CCNc1ncc(-c2nccn2-c2ccc3nc(CO)[nH]c3c2)cn1. The van der Waals surface area contributed by atoms with Gasteiger partial charge < -0.3 is 15.4 Å². The Labute approximate surface area is 143 Å². The van der Waals surface area contributed by atoms with Gasteiger partial charge in [0.15, 0.2) is 0 Å². The zero-order valence-corrected chi connectivity index (χ0v) is 13.6. The summed E-state index contributed by atoms with van der Waals surface area (Å²) in [4.78, 5) is 20.4. The van der Waals surface area contributed by atoms with Crippen LogP contribution in [0.25, 0.3) is 28.1 Å². The molecule has 3 N–H and O–H groups in total. The Kier molecular flexibility index (Phi) is 3.87. The van der Waals surface area contributed by atoms with E-state index in [0.717, 1.165) is 34.7 Å². The Bertz CT molecular complexity index is 1000. The summed E-state index contributed by atoms with van der Waals surface area (Å²) in [5.41, 5.74) is 3.43. The third-order valence-corrected chi connectivity index (χ3v) is 3.83. The van der Waals surface area contributed by atoms with Gasteiger partial charge in [0.1, 0.15) is 18.3 Å². The molecule has 0 saturated heterocycles. The lowest BCUT2D eigenvalue weighted by Crippen LogP contribution is -2.02. The molecule has 8 heteroatoms. The van der Waals surface area contributed by atoms with Crippen LogP contribution in [0, 0.1) is 0 Å². The summed E-state index contributed by atoms with van der Waals surface area (Å²) < 4.78 is 1.96. The molecule has 25 heavy (non-hydrogen) atoms. The van der Waals surface area contributed by atoms with Gasteiger partial charge in [0.25, 0.3) is 0 Å². The Morgan fingerprint density at radius 3 is 2.80 bits per heavy atom. The van der Waals surface area contributed by atoms with Crippen molar-refractivity contribution in [3.05, 3.63) is 48.8 Å². The largest absolute Gasteiger partial charge is 0.388 e. The van der Waals surface area contributed by atoms with Crippen LogP contribution in [0.15, 0.2) is 43.0 Å². The lowest BCUT2D eigenvalue weighted by Gasteiger charge is -2.08. The molecule has 126 valence electrons. The number of fused-ring (bicyclic) bond motifs is 1. The summed E-state index contributed by atoms with van der Waals surface area (Å²) in [6, 6.07) is 5.85. The average molecular weight is 335 g/mol. The van der Waals surface area contributed by atoms with Crippen LogP contribution in [0.4, 0.5) is 5.95 Å². The van der Waals surface area contributed by atoms with Gasteiger partial charge in [-0.1, -0.05) is 0 Å². The molecule has 4 aromatic rings. The molecule has 1 aromatic carbocycles. The van der Waals surface area contributed by atoms with Crippen LogP contribution in [0.1, 0.15) is 12.7 Å². The molecule has 0 atom stereocenters. The van der Waals surface area contributed by atoms with Gasteiger partial charge in [-0.25, -0.2) is 19.9 Å². The predicted octanol–water partition coefficient (Wildman–Crippen LogP) is 2.13. The van der Waals surface area contributed by atoms with E-state index in [4.69, 9.17) is 0 Å². The first-order valence-electron chi connectivity index (χ1n) is 7.98. The molecule has 0 saturated carbocycles. The smallest absolute Gasteiger partial charge is 0.222 e. The molecule has 4 rings (SSSR count). The summed E-state index contributed by atoms with van der Waals surface area (Å²) >= 11 is 0. The molecular weight excluding hydrogens is 318 g/mol. The Morgan fingerprint density at radius 2 is 2.04 bits per heavy atom. The van der Waals surface area contributed by atoms with E-state index < -0.39 is 0 Å². The van der Waals surface area contributed by atoms with Crippen molar-refractivity contribution in [1.29, 1.82) is 0 Å². The van der Waals surface area contributed by atoms with E-state index in [1.54, 1.807) is 18.6 Å². The monoisotopic (exact) mass is 335 g/mol. The van der Waals surface area contributed by atoms with Crippen molar-refractivity contribution < 1.29 is 5.11 Å². The quantitative estimate of drug-likeness (QED) is 0.516. The molecule has 0 bridgehead atoms. The standard InChI is InChI=1S/C17H17N7O/c1-2-18-17-20-8-11(9-21-17)16-19-5-6-24(16)12-3-4-13-14(7-12)23-15(10-25)22-13/h3-9,25H,2,10H2,1H3,(H,22,23)(H,18,20,21). The third kappa shape index (κ3) is 2.83. The van der Waals surface area contributed by atoms with Crippen LogP contribution in [-0.2, 0) is 6.61 Å². The molecule has 0 spiro atoms. The van der Waals surface area contributed by atoms with E-state index in [2.05, 4.69) is 30.2 Å². The molecule has 0 aliphatic rings. The maximum absolute atomic E-state index is 9.22. The highest BCUT2D eigenvalue weighted by Gasteiger charge is 2.11. The van der Waals surface area contributed by atoms with Gasteiger partial charge in [-0.05, 0) is 25.1 Å². The number of nitrogens with zero attached hydrogens (tertiary/aromatic N) is 5. The van der Waals surface area contributed by atoms with Crippen molar-refractivity contribution in [2.45, 2.75) is 13.5 Å². The molecule has 3 heterocycles. The number of hydrogen-bond donors (Lipinski definition) is 3. The van der Waals surface area contributed by atoms with Crippen molar-refractivity contribution in [3.63, 3.8) is 0 Å². The van der Waals surface area contributed by atoms with Gasteiger partial charge in [0, 0.05) is 37.0 Å². The van der Waals surface area contributed by atoms with Gasteiger partial charge in [0.05, 0.1) is 16.6 Å². The minimum atomic E-state index is -0.115. The van der Waals surface area contributed by atoms with Crippen molar-refractivity contribution in [2.75, 3.05) is 11.9 Å². The van der Waals surface area contributed by atoms with Crippen molar-refractivity contribution in [3.8, 4) is 17.1 Å². The van der Waals surface area contributed by atoms with Crippen molar-refractivity contribution in [1.82, 2.24) is 29.5 Å². The number of anilines is 1. The number of benzene rings is 1. The number of aliphatic hydroxyl groups excluding tert-OH is 1. The number of aliphatic hydroxyl groups is 1. The number of rotatable bonds is 5. The summed E-state index contributed by atoms with van der Waals surface area (Å²) in [5, 5.41) is 12.3. The molecule has 0 aliphatic carbocycles. The second-order valence-electron chi connectivity index (χ2n) is 5.49. The fourth-order valence-corrected chi connectivity index (χ4v) is 2.69. The summed E-state index contributed by atoms with van der Waals surface area (Å²) in [7, 11) is 0. The van der Waals surface area contributed by atoms with E-state index in [9.17, 15) is 5.11 Å². The molecule has 0 aliphatic heterocycles. The first-order valence-corrected chi connectivity index (χ1v) is 7.98. The minimum absolute atomic E-state index is 0.115. The number of nitrogens with one attached hydrogen (secondary N) is 2. The van der Waals surface area contributed by atoms with E-state index in [0.29, 0.717) is 11.8 Å². The number of hydrogen-bond acceptors (Lipinski definition) is 6. The summed E-state index contributed by atoms with van der Waals surface area (Å²) in [6.07, 6.45) is 7.13. The first kappa shape index (κ1) is 15.3. The molecule has 0 amide bonds. The minimum Gasteiger partial charge on any atom is -0.388 e. The van der Waals surface area contributed by atoms with Gasteiger partial charge in [0.2, 0.25) is 5.95 Å². The second kappa shape index (κ2) is 6.33. The van der Waals surface area contributed by atoms with Crippen molar-refractivity contribution >= 4 is 17.0 Å². The van der Waals surface area contributed by atoms with Crippen LogP contribution in [0.3, 0.4) is 0 Å². The average Bonchev–Trinajstić information content (AvgIpc) is 3.28. The fraction of sp³-hybridized carbons (Fsp3) is 0.176. The zero-order valence-electron chi connectivity index (χ0n) is 13.6. The number of imidazole rings is 2. The van der Waals surface area contributed by atoms with E-state index >= 15 is 0 Å². The van der Waals surface area contributed by atoms with Gasteiger partial charge in [-0.3, -0.25) is 4.57 Å². The molecule has 0 radical (unpaired) electrons. The van der Waals surface area contributed by atoms with Crippen LogP contribution < -0.4 is 5.32 Å². The predicted molar refractivity (Wildman–Crippen MR) is 94.3 cm³/mol. The Balaban J connectivity index is 1.73. The maximum atomic E-state index is 9.22.